The summed E-state index contributed by atoms with van der Waals surface area (Å²) in [6, 6.07) is 6.60. The highest BCUT2D eigenvalue weighted by atomic mass is 16.5. The molecule has 0 atom stereocenters. The summed E-state index contributed by atoms with van der Waals surface area (Å²) >= 11 is 0. The smallest absolute Gasteiger partial charge is 0.128 e. The van der Waals surface area contributed by atoms with E-state index in [0.717, 1.165) is 44.9 Å². The van der Waals surface area contributed by atoms with E-state index in [4.69, 9.17) is 4.74 Å². The molecule has 0 bridgehead atoms. The summed E-state index contributed by atoms with van der Waals surface area (Å²) in [6.45, 7) is 5.66. The topological polar surface area (TPSA) is 29.4 Å². The van der Waals surface area contributed by atoms with E-state index in [1.54, 1.807) is 7.11 Å². The predicted octanol–water partition coefficient (Wildman–Crippen LogP) is 1.63. The standard InChI is InChI=1S/C16H23N3O/c1-18-7-4-14-15(18)11-13(12-16(14)20-2)3-8-19-9-5-17-6-10-19/h4,7,11-12,17H,3,5-6,8-10H2,1-2H3. The van der Waals surface area contributed by atoms with Gasteiger partial charge in [0.15, 0.2) is 0 Å². The van der Waals surface area contributed by atoms with Gasteiger partial charge in [0.2, 0.25) is 0 Å². The summed E-state index contributed by atoms with van der Waals surface area (Å²) in [7, 11) is 3.84. The molecule has 4 heteroatoms. The fraction of sp³-hybridized carbons (Fsp3) is 0.500. The molecule has 1 aliphatic rings. The van der Waals surface area contributed by atoms with Crippen LogP contribution in [-0.4, -0.2) is 49.3 Å². The summed E-state index contributed by atoms with van der Waals surface area (Å²) in [6.07, 6.45) is 3.17. The molecule has 1 N–H and O–H groups in total. The summed E-state index contributed by atoms with van der Waals surface area (Å²) in [5.74, 6) is 0.985. The number of nitrogens with zero attached hydrogens (tertiary/aromatic N) is 2. The number of hydrogen-bond donors (Lipinski definition) is 1. The number of aromatic nitrogens is 1. The van der Waals surface area contributed by atoms with Crippen LogP contribution in [0.25, 0.3) is 10.9 Å². The minimum atomic E-state index is 0.985. The van der Waals surface area contributed by atoms with Crippen molar-refractivity contribution in [3.8, 4) is 5.75 Å². The number of nitrogens with one attached hydrogen (secondary N) is 1. The van der Waals surface area contributed by atoms with E-state index in [2.05, 4.69) is 46.2 Å². The van der Waals surface area contributed by atoms with Crippen molar-refractivity contribution in [3.05, 3.63) is 30.0 Å². The molecular weight excluding hydrogens is 250 g/mol. The number of ether oxygens (including phenoxy) is 1. The lowest BCUT2D eigenvalue weighted by Gasteiger charge is -2.27. The third kappa shape index (κ3) is 2.67. The number of fused-ring (bicyclic) bond motifs is 1. The second kappa shape index (κ2) is 5.85. The van der Waals surface area contributed by atoms with E-state index < -0.39 is 0 Å². The van der Waals surface area contributed by atoms with Crippen molar-refractivity contribution in [2.45, 2.75) is 6.42 Å². The zero-order valence-corrected chi connectivity index (χ0v) is 12.4. The van der Waals surface area contributed by atoms with Crippen molar-refractivity contribution in [1.29, 1.82) is 0 Å². The summed E-state index contributed by atoms with van der Waals surface area (Å²) in [5.41, 5.74) is 2.61. The average molecular weight is 273 g/mol. The molecule has 0 aliphatic carbocycles. The Morgan fingerprint density at radius 3 is 2.80 bits per heavy atom. The number of aryl methyl sites for hydroxylation is 1. The summed E-state index contributed by atoms with van der Waals surface area (Å²) in [4.78, 5) is 2.53. The van der Waals surface area contributed by atoms with Crippen LogP contribution in [0.15, 0.2) is 24.4 Å². The van der Waals surface area contributed by atoms with Gasteiger partial charge in [-0.15, -0.1) is 0 Å². The molecule has 0 unspecified atom stereocenters. The highest BCUT2D eigenvalue weighted by molar-refractivity contribution is 5.87. The largest absolute Gasteiger partial charge is 0.496 e. The van der Waals surface area contributed by atoms with Gasteiger partial charge in [-0.3, -0.25) is 0 Å². The third-order valence-electron chi connectivity index (χ3n) is 4.17. The van der Waals surface area contributed by atoms with Gasteiger partial charge in [0.05, 0.1) is 12.6 Å². The van der Waals surface area contributed by atoms with E-state index >= 15 is 0 Å². The maximum atomic E-state index is 5.54. The van der Waals surface area contributed by atoms with Crippen LogP contribution in [0.5, 0.6) is 5.75 Å². The Balaban J connectivity index is 1.78. The Morgan fingerprint density at radius 1 is 1.25 bits per heavy atom. The Kier molecular flexibility index (Phi) is 3.94. The van der Waals surface area contributed by atoms with Gasteiger partial charge in [-0.25, -0.2) is 0 Å². The van der Waals surface area contributed by atoms with E-state index in [1.807, 2.05) is 0 Å². The monoisotopic (exact) mass is 273 g/mol. The molecular formula is C16H23N3O. The van der Waals surface area contributed by atoms with E-state index in [1.165, 1.54) is 16.5 Å². The third-order valence-corrected chi connectivity index (χ3v) is 4.17. The SMILES string of the molecule is COc1cc(CCN2CCNCC2)cc2c1ccn2C. The first-order valence-electron chi connectivity index (χ1n) is 7.33. The van der Waals surface area contributed by atoms with Gasteiger partial charge < -0.3 is 19.5 Å². The molecule has 1 aromatic heterocycles. The fourth-order valence-corrected chi connectivity index (χ4v) is 2.93. The highest BCUT2D eigenvalue weighted by Crippen LogP contribution is 2.28. The van der Waals surface area contributed by atoms with Gasteiger partial charge in [0.1, 0.15) is 5.75 Å². The first kappa shape index (κ1) is 13.5. The van der Waals surface area contributed by atoms with Crippen molar-refractivity contribution in [2.24, 2.45) is 7.05 Å². The molecule has 108 valence electrons. The molecule has 4 nitrogen and oxygen atoms in total. The van der Waals surface area contributed by atoms with Crippen molar-refractivity contribution >= 4 is 10.9 Å². The minimum Gasteiger partial charge on any atom is -0.496 e. The van der Waals surface area contributed by atoms with Gasteiger partial charge in [0, 0.05) is 51.4 Å². The number of methoxy groups -OCH3 is 1. The molecule has 20 heavy (non-hydrogen) atoms. The van der Waals surface area contributed by atoms with Crippen LogP contribution in [-0.2, 0) is 13.5 Å². The van der Waals surface area contributed by atoms with Crippen LogP contribution < -0.4 is 10.1 Å². The lowest BCUT2D eigenvalue weighted by molar-refractivity contribution is 0.244. The second-order valence-electron chi connectivity index (χ2n) is 5.50. The van der Waals surface area contributed by atoms with E-state index in [9.17, 15) is 0 Å². The van der Waals surface area contributed by atoms with Crippen molar-refractivity contribution in [1.82, 2.24) is 14.8 Å². The highest BCUT2D eigenvalue weighted by Gasteiger charge is 2.11. The van der Waals surface area contributed by atoms with Crippen LogP contribution >= 0.6 is 0 Å². The van der Waals surface area contributed by atoms with Crippen LogP contribution in [0.2, 0.25) is 0 Å². The maximum absolute atomic E-state index is 5.54. The van der Waals surface area contributed by atoms with Crippen LogP contribution in [0.1, 0.15) is 5.56 Å². The maximum Gasteiger partial charge on any atom is 0.128 e. The quantitative estimate of drug-likeness (QED) is 0.918. The second-order valence-corrected chi connectivity index (χ2v) is 5.50. The molecule has 1 aromatic carbocycles. The minimum absolute atomic E-state index is 0.985. The Labute approximate surface area is 120 Å². The van der Waals surface area contributed by atoms with Gasteiger partial charge in [0.25, 0.3) is 0 Å². The fourth-order valence-electron chi connectivity index (χ4n) is 2.93. The van der Waals surface area contributed by atoms with Crippen molar-refractivity contribution in [3.63, 3.8) is 0 Å². The number of rotatable bonds is 4. The zero-order valence-electron chi connectivity index (χ0n) is 12.4. The van der Waals surface area contributed by atoms with Gasteiger partial charge in [-0.05, 0) is 30.2 Å². The first-order valence-corrected chi connectivity index (χ1v) is 7.33. The Morgan fingerprint density at radius 2 is 2.05 bits per heavy atom. The molecule has 0 radical (unpaired) electrons. The lowest BCUT2D eigenvalue weighted by Crippen LogP contribution is -2.44. The lowest BCUT2D eigenvalue weighted by atomic mass is 10.1. The molecule has 1 aliphatic heterocycles. The molecule has 0 amide bonds. The van der Waals surface area contributed by atoms with Gasteiger partial charge >= 0.3 is 0 Å². The molecule has 1 fully saturated rings. The van der Waals surface area contributed by atoms with Crippen molar-refractivity contribution < 1.29 is 4.74 Å². The number of hydrogen-bond acceptors (Lipinski definition) is 3. The van der Waals surface area contributed by atoms with Crippen molar-refractivity contribution in [2.75, 3.05) is 39.8 Å². The summed E-state index contributed by atoms with van der Waals surface area (Å²) in [5, 5.41) is 4.59. The van der Waals surface area contributed by atoms with E-state index in [-0.39, 0.29) is 0 Å². The average Bonchev–Trinajstić information content (AvgIpc) is 2.87. The van der Waals surface area contributed by atoms with Gasteiger partial charge in [-0.2, -0.15) is 0 Å². The summed E-state index contributed by atoms with van der Waals surface area (Å²) < 4.78 is 7.70. The predicted molar refractivity (Wildman–Crippen MR) is 82.5 cm³/mol. The number of piperazine rings is 1. The molecule has 2 heterocycles. The van der Waals surface area contributed by atoms with Crippen LogP contribution in [0.4, 0.5) is 0 Å². The van der Waals surface area contributed by atoms with Crippen LogP contribution in [0.3, 0.4) is 0 Å². The molecule has 1 saturated heterocycles. The molecule has 0 saturated carbocycles. The molecule has 3 rings (SSSR count). The normalized spacial score (nSPS) is 16.7. The number of benzene rings is 1. The Bertz CT molecular complexity index is 585. The molecule has 2 aromatic rings. The zero-order chi connectivity index (χ0) is 13.9. The van der Waals surface area contributed by atoms with Gasteiger partial charge in [-0.1, -0.05) is 0 Å². The van der Waals surface area contributed by atoms with E-state index in [0.29, 0.717) is 0 Å². The molecule has 0 spiro atoms. The van der Waals surface area contributed by atoms with Crippen LogP contribution in [0, 0.1) is 0 Å². The Hall–Kier alpha value is -1.52. The first-order chi connectivity index (χ1) is 9.78.